The van der Waals surface area contributed by atoms with Gasteiger partial charge < -0.3 is 14.6 Å². The number of benzene rings is 1. The van der Waals surface area contributed by atoms with Crippen LogP contribution in [0.15, 0.2) is 29.1 Å². The van der Waals surface area contributed by atoms with Gasteiger partial charge in [0.2, 0.25) is 5.69 Å². The lowest BCUT2D eigenvalue weighted by Crippen LogP contribution is -2.44. The molecule has 0 saturated carbocycles. The predicted octanol–water partition coefficient (Wildman–Crippen LogP) is 2.92. The monoisotopic (exact) mass is 343 g/mol. The highest BCUT2D eigenvalue weighted by Gasteiger charge is 2.28. The van der Waals surface area contributed by atoms with Gasteiger partial charge in [0.25, 0.3) is 5.56 Å². The van der Waals surface area contributed by atoms with E-state index in [0.29, 0.717) is 23.1 Å². The molecule has 1 aromatic carbocycles. The molecule has 1 saturated heterocycles. The molecule has 1 aliphatic rings. The zero-order chi connectivity index (χ0) is 18.1. The fourth-order valence-corrected chi connectivity index (χ4v) is 3.93. The van der Waals surface area contributed by atoms with Crippen molar-refractivity contribution >= 4 is 17.0 Å². The second-order valence-electron chi connectivity index (χ2n) is 7.11. The molecule has 0 unspecified atom stereocenters. The minimum Gasteiger partial charge on any atom is -0.476 e. The van der Waals surface area contributed by atoms with Crippen LogP contribution in [0.4, 0.5) is 0 Å². The summed E-state index contributed by atoms with van der Waals surface area (Å²) in [4.78, 5) is 30.6. The van der Waals surface area contributed by atoms with E-state index >= 15 is 0 Å². The van der Waals surface area contributed by atoms with Gasteiger partial charge in [-0.25, -0.2) is 9.78 Å². The molecule has 6 heteroatoms. The molecule has 6 nitrogen and oxygen atoms in total. The number of piperidine rings is 1. The highest BCUT2D eigenvalue weighted by molar-refractivity contribution is 5.88. The van der Waals surface area contributed by atoms with E-state index in [1.807, 2.05) is 19.1 Å². The number of para-hydroxylation sites is 2. The summed E-state index contributed by atoms with van der Waals surface area (Å²) in [7, 11) is 2.14. The molecular weight excluding hydrogens is 318 g/mol. The van der Waals surface area contributed by atoms with E-state index in [-0.39, 0.29) is 6.04 Å². The van der Waals surface area contributed by atoms with E-state index in [2.05, 4.69) is 23.9 Å². The Hall–Kier alpha value is -2.21. The first-order chi connectivity index (χ1) is 11.9. The Morgan fingerprint density at radius 3 is 2.80 bits per heavy atom. The lowest BCUT2D eigenvalue weighted by atomic mass is 9.93. The zero-order valence-corrected chi connectivity index (χ0v) is 15.0. The molecule has 1 aromatic heterocycles. The van der Waals surface area contributed by atoms with E-state index in [1.54, 1.807) is 16.7 Å². The molecule has 1 N–H and O–H groups in total. The number of fused-ring (bicyclic) bond motifs is 1. The van der Waals surface area contributed by atoms with Crippen molar-refractivity contribution in [1.82, 2.24) is 14.5 Å². The van der Waals surface area contributed by atoms with Crippen molar-refractivity contribution in [1.29, 1.82) is 0 Å². The summed E-state index contributed by atoms with van der Waals surface area (Å²) in [6.07, 6.45) is 4.31. The van der Waals surface area contributed by atoms with Crippen LogP contribution in [-0.2, 0) is 0 Å². The van der Waals surface area contributed by atoms with Gasteiger partial charge in [-0.05, 0) is 52.3 Å². The fraction of sp³-hybridized carbons (Fsp3) is 0.526. The van der Waals surface area contributed by atoms with Crippen LogP contribution in [0.25, 0.3) is 11.0 Å². The fourth-order valence-electron chi connectivity index (χ4n) is 3.93. The number of likely N-dealkylation sites (tertiary alicyclic amines) is 1. The Kier molecular flexibility index (Phi) is 4.90. The van der Waals surface area contributed by atoms with Crippen molar-refractivity contribution in [2.45, 2.75) is 57.7 Å². The molecule has 0 radical (unpaired) electrons. The van der Waals surface area contributed by atoms with Crippen molar-refractivity contribution < 1.29 is 9.90 Å². The summed E-state index contributed by atoms with van der Waals surface area (Å²) in [6, 6.07) is 8.06. The van der Waals surface area contributed by atoms with Gasteiger partial charge in [-0.15, -0.1) is 0 Å². The van der Waals surface area contributed by atoms with Crippen LogP contribution >= 0.6 is 0 Å². The highest BCUT2D eigenvalue weighted by atomic mass is 16.4. The van der Waals surface area contributed by atoms with Gasteiger partial charge in [0.15, 0.2) is 0 Å². The van der Waals surface area contributed by atoms with Gasteiger partial charge in [0, 0.05) is 18.1 Å². The van der Waals surface area contributed by atoms with Crippen molar-refractivity contribution in [2.75, 3.05) is 7.05 Å². The second-order valence-corrected chi connectivity index (χ2v) is 7.11. The van der Waals surface area contributed by atoms with Crippen molar-refractivity contribution in [2.24, 2.45) is 0 Å². The maximum Gasteiger partial charge on any atom is 0.360 e. The normalized spacial score (nSPS) is 22.8. The van der Waals surface area contributed by atoms with Gasteiger partial charge in [-0.2, -0.15) is 0 Å². The topological polar surface area (TPSA) is 75.4 Å². The Bertz CT molecular complexity index is 845. The van der Waals surface area contributed by atoms with Gasteiger partial charge in [-0.3, -0.25) is 4.79 Å². The number of aromatic carboxylic acids is 1. The predicted molar refractivity (Wildman–Crippen MR) is 97.2 cm³/mol. The summed E-state index contributed by atoms with van der Waals surface area (Å²) < 4.78 is 1.61. The SMILES string of the molecule is C[C@H]1CCC[C@@H](C[C@H](C)n2c(=O)c(C(=O)O)nc3ccccc32)N1C. The van der Waals surface area contributed by atoms with Crippen LogP contribution in [0.1, 0.15) is 56.1 Å². The number of hydrogen-bond acceptors (Lipinski definition) is 4. The van der Waals surface area contributed by atoms with Crippen LogP contribution in [0.2, 0.25) is 0 Å². The molecule has 3 rings (SSSR count). The van der Waals surface area contributed by atoms with Crippen molar-refractivity contribution in [3.8, 4) is 0 Å². The van der Waals surface area contributed by atoms with Crippen LogP contribution in [-0.4, -0.2) is 44.7 Å². The van der Waals surface area contributed by atoms with Crippen LogP contribution < -0.4 is 5.56 Å². The molecule has 2 aromatic rings. The van der Waals surface area contributed by atoms with E-state index in [9.17, 15) is 14.7 Å². The third-order valence-corrected chi connectivity index (χ3v) is 5.48. The zero-order valence-electron chi connectivity index (χ0n) is 15.0. The van der Waals surface area contributed by atoms with E-state index in [1.165, 1.54) is 12.8 Å². The Balaban J connectivity index is 2.03. The smallest absolute Gasteiger partial charge is 0.360 e. The van der Waals surface area contributed by atoms with Crippen molar-refractivity contribution in [3.63, 3.8) is 0 Å². The van der Waals surface area contributed by atoms with E-state index < -0.39 is 17.2 Å². The summed E-state index contributed by atoms with van der Waals surface area (Å²) in [5.41, 5.74) is 0.300. The van der Waals surface area contributed by atoms with Gasteiger partial charge >= 0.3 is 5.97 Å². The molecule has 25 heavy (non-hydrogen) atoms. The summed E-state index contributed by atoms with van der Waals surface area (Å²) in [5.74, 6) is -1.28. The first-order valence-corrected chi connectivity index (χ1v) is 8.86. The molecule has 1 aliphatic heterocycles. The second kappa shape index (κ2) is 6.96. The summed E-state index contributed by atoms with van der Waals surface area (Å²) in [6.45, 7) is 4.22. The molecule has 1 fully saturated rings. The number of carboxylic acid groups (broad SMARTS) is 1. The number of carboxylic acids is 1. The first-order valence-electron chi connectivity index (χ1n) is 8.86. The number of aromatic nitrogens is 2. The average Bonchev–Trinajstić information content (AvgIpc) is 2.58. The first kappa shape index (κ1) is 17.6. The Labute approximate surface area is 147 Å². The maximum atomic E-state index is 12.8. The molecule has 3 atom stereocenters. The third-order valence-electron chi connectivity index (χ3n) is 5.48. The Morgan fingerprint density at radius 2 is 2.08 bits per heavy atom. The van der Waals surface area contributed by atoms with Gasteiger partial charge in [0.1, 0.15) is 0 Å². The molecule has 2 heterocycles. The van der Waals surface area contributed by atoms with Gasteiger partial charge in [0.05, 0.1) is 11.0 Å². The third kappa shape index (κ3) is 3.31. The number of nitrogens with zero attached hydrogens (tertiary/aromatic N) is 3. The minimum absolute atomic E-state index is 0.101. The highest BCUT2D eigenvalue weighted by Crippen LogP contribution is 2.28. The van der Waals surface area contributed by atoms with E-state index in [0.717, 1.165) is 12.8 Å². The van der Waals surface area contributed by atoms with Crippen molar-refractivity contribution in [3.05, 3.63) is 40.3 Å². The van der Waals surface area contributed by atoms with Crippen LogP contribution in [0.5, 0.6) is 0 Å². The summed E-state index contributed by atoms with van der Waals surface area (Å²) >= 11 is 0. The molecular formula is C19H25N3O3. The largest absolute Gasteiger partial charge is 0.476 e. The number of carbonyl (C=O) groups is 1. The van der Waals surface area contributed by atoms with Gasteiger partial charge in [-0.1, -0.05) is 18.6 Å². The number of rotatable bonds is 4. The molecule has 0 aliphatic carbocycles. The molecule has 0 amide bonds. The molecule has 134 valence electrons. The maximum absolute atomic E-state index is 12.8. The Morgan fingerprint density at radius 1 is 1.36 bits per heavy atom. The average molecular weight is 343 g/mol. The minimum atomic E-state index is -1.28. The number of hydrogen-bond donors (Lipinski definition) is 1. The molecule has 0 spiro atoms. The summed E-state index contributed by atoms with van der Waals surface area (Å²) in [5, 5.41) is 9.35. The quantitative estimate of drug-likeness (QED) is 0.924. The molecule has 0 bridgehead atoms. The lowest BCUT2D eigenvalue weighted by molar-refractivity contribution is 0.0687. The standard InChI is InChI=1S/C19H25N3O3/c1-12-7-6-8-14(21(12)3)11-13(2)22-16-10-5-4-9-15(16)20-17(18(22)23)19(24)25/h4-5,9-10,12-14H,6-8,11H2,1-3H3,(H,24,25)/t12-,13-,14-/m0/s1. The lowest BCUT2D eigenvalue weighted by Gasteiger charge is -2.39. The van der Waals surface area contributed by atoms with E-state index in [4.69, 9.17) is 0 Å². The van der Waals surface area contributed by atoms with Crippen LogP contribution in [0, 0.1) is 0 Å². The van der Waals surface area contributed by atoms with Crippen LogP contribution in [0.3, 0.4) is 0 Å².